The Balaban J connectivity index is 2.07. The van der Waals surface area contributed by atoms with Crippen molar-refractivity contribution in [2.24, 2.45) is 5.73 Å². The second-order valence-corrected chi connectivity index (χ2v) is 4.23. The molecule has 0 aromatic carbocycles. The molecule has 1 aliphatic rings. The molecule has 2 nitrogen and oxygen atoms in total. The van der Waals surface area contributed by atoms with E-state index < -0.39 is 0 Å². The van der Waals surface area contributed by atoms with Crippen molar-refractivity contribution in [3.05, 3.63) is 41.7 Å². The monoisotopic (exact) mass is 188 g/mol. The molecule has 2 N–H and O–H groups in total. The van der Waals surface area contributed by atoms with Crippen molar-refractivity contribution < 1.29 is 0 Å². The van der Waals surface area contributed by atoms with E-state index in [1.165, 1.54) is 5.56 Å². The van der Waals surface area contributed by atoms with E-state index in [2.05, 4.69) is 23.2 Å². The van der Waals surface area contributed by atoms with Crippen LogP contribution in [0.4, 0.5) is 0 Å². The Bertz CT molecular complexity index is 330. The molecule has 1 aromatic rings. The van der Waals surface area contributed by atoms with Crippen molar-refractivity contribution >= 4 is 0 Å². The zero-order valence-electron chi connectivity index (χ0n) is 8.53. The van der Waals surface area contributed by atoms with Crippen molar-refractivity contribution in [2.75, 3.05) is 0 Å². The lowest BCUT2D eigenvalue weighted by atomic mass is 9.90. The normalized spacial score (nSPS) is 18.7. The molecule has 2 heteroatoms. The number of hydrogen-bond donors (Lipinski definition) is 1. The third kappa shape index (κ3) is 2.02. The average Bonchev–Trinajstić information content (AvgIpc) is 2.57. The van der Waals surface area contributed by atoms with Crippen molar-refractivity contribution in [1.29, 1.82) is 0 Å². The summed E-state index contributed by atoms with van der Waals surface area (Å²) in [6, 6.07) is 4.16. The minimum absolute atomic E-state index is 0.0586. The van der Waals surface area contributed by atoms with E-state index in [-0.39, 0.29) is 5.54 Å². The highest BCUT2D eigenvalue weighted by molar-refractivity contribution is 5.19. The van der Waals surface area contributed by atoms with Crippen LogP contribution < -0.4 is 5.73 Å². The van der Waals surface area contributed by atoms with E-state index in [0.717, 1.165) is 25.0 Å². The molecule has 1 aromatic heterocycles. The van der Waals surface area contributed by atoms with Crippen LogP contribution in [0.25, 0.3) is 0 Å². The summed E-state index contributed by atoms with van der Waals surface area (Å²) in [6.45, 7) is 2.00. The molecule has 0 bridgehead atoms. The van der Waals surface area contributed by atoms with Gasteiger partial charge in [0, 0.05) is 17.4 Å². The first-order valence-electron chi connectivity index (χ1n) is 5.03. The molecule has 1 heterocycles. The highest BCUT2D eigenvalue weighted by Crippen LogP contribution is 2.24. The Kier molecular flexibility index (Phi) is 2.38. The minimum Gasteiger partial charge on any atom is -0.324 e. The smallest absolute Gasteiger partial charge is 0.0372 e. The Hall–Kier alpha value is -1.15. The number of hydrogen-bond acceptors (Lipinski definition) is 2. The lowest BCUT2D eigenvalue weighted by Crippen LogP contribution is -2.39. The van der Waals surface area contributed by atoms with Crippen molar-refractivity contribution in [3.8, 4) is 0 Å². The summed E-state index contributed by atoms with van der Waals surface area (Å²) in [4.78, 5) is 4.28. The summed E-state index contributed by atoms with van der Waals surface area (Å²) in [5.41, 5.74) is 8.48. The topological polar surface area (TPSA) is 38.9 Å². The molecule has 0 radical (unpaired) electrons. The quantitative estimate of drug-likeness (QED) is 0.721. The van der Waals surface area contributed by atoms with Crippen LogP contribution in [-0.2, 0) is 6.42 Å². The van der Waals surface area contributed by atoms with Crippen LogP contribution in [0.1, 0.15) is 24.1 Å². The van der Waals surface area contributed by atoms with Gasteiger partial charge in [-0.05, 0) is 37.8 Å². The van der Waals surface area contributed by atoms with Gasteiger partial charge in [-0.15, -0.1) is 0 Å². The maximum Gasteiger partial charge on any atom is 0.0372 e. The van der Waals surface area contributed by atoms with Gasteiger partial charge in [0.1, 0.15) is 0 Å². The molecule has 14 heavy (non-hydrogen) atoms. The molecule has 1 aliphatic carbocycles. The molecule has 0 aliphatic heterocycles. The van der Waals surface area contributed by atoms with Crippen LogP contribution in [0.2, 0.25) is 0 Å². The van der Waals surface area contributed by atoms with E-state index in [4.69, 9.17) is 5.73 Å². The van der Waals surface area contributed by atoms with E-state index in [1.807, 2.05) is 19.2 Å². The molecule has 0 saturated carbocycles. The van der Waals surface area contributed by atoms with E-state index in [9.17, 15) is 0 Å². The van der Waals surface area contributed by atoms with Gasteiger partial charge in [0.25, 0.3) is 0 Å². The van der Waals surface area contributed by atoms with Gasteiger partial charge in [0.15, 0.2) is 0 Å². The van der Waals surface area contributed by atoms with Crippen LogP contribution in [-0.4, -0.2) is 10.5 Å². The molecule has 0 unspecified atom stereocenters. The SMILES string of the molecule is Cc1ccc(CC2(N)CC=CC2)cn1. The van der Waals surface area contributed by atoms with Gasteiger partial charge in [0.05, 0.1) is 0 Å². The standard InChI is InChI=1S/C12H16N2/c1-10-4-5-11(9-14-10)8-12(13)6-2-3-7-12/h2-5,9H,6-8,13H2,1H3. The number of aromatic nitrogens is 1. The third-order valence-electron chi connectivity index (χ3n) is 2.74. The first kappa shape index (κ1) is 9.41. The second-order valence-electron chi connectivity index (χ2n) is 4.23. The first-order chi connectivity index (χ1) is 6.68. The summed E-state index contributed by atoms with van der Waals surface area (Å²) in [7, 11) is 0. The van der Waals surface area contributed by atoms with Gasteiger partial charge < -0.3 is 5.73 Å². The number of rotatable bonds is 2. The Labute approximate surface area is 84.9 Å². The molecule has 74 valence electrons. The average molecular weight is 188 g/mol. The lowest BCUT2D eigenvalue weighted by molar-refractivity contribution is 0.452. The van der Waals surface area contributed by atoms with Gasteiger partial charge in [-0.25, -0.2) is 0 Å². The summed E-state index contributed by atoms with van der Waals surface area (Å²) >= 11 is 0. The van der Waals surface area contributed by atoms with Gasteiger partial charge in [-0.2, -0.15) is 0 Å². The van der Waals surface area contributed by atoms with E-state index >= 15 is 0 Å². The lowest BCUT2D eigenvalue weighted by Gasteiger charge is -2.23. The predicted octanol–water partition coefficient (Wildman–Crippen LogP) is 1.98. The van der Waals surface area contributed by atoms with Crippen LogP contribution in [0.15, 0.2) is 30.5 Å². The largest absolute Gasteiger partial charge is 0.324 e. The molecular weight excluding hydrogens is 172 g/mol. The summed E-state index contributed by atoms with van der Waals surface area (Å²) in [5.74, 6) is 0. The summed E-state index contributed by atoms with van der Waals surface area (Å²) in [6.07, 6.45) is 9.17. The molecule has 0 amide bonds. The molecule has 0 fully saturated rings. The fourth-order valence-electron chi connectivity index (χ4n) is 1.87. The summed E-state index contributed by atoms with van der Waals surface area (Å²) < 4.78 is 0. The van der Waals surface area contributed by atoms with Gasteiger partial charge in [-0.3, -0.25) is 4.98 Å². The molecular formula is C12H16N2. The number of nitrogens with zero attached hydrogens (tertiary/aromatic N) is 1. The number of pyridine rings is 1. The van der Waals surface area contributed by atoms with Crippen molar-refractivity contribution in [2.45, 2.75) is 31.7 Å². The predicted molar refractivity (Wildman–Crippen MR) is 58.0 cm³/mol. The van der Waals surface area contributed by atoms with Crippen molar-refractivity contribution in [1.82, 2.24) is 4.98 Å². The second kappa shape index (κ2) is 3.54. The van der Waals surface area contributed by atoms with Crippen LogP contribution in [0.3, 0.4) is 0 Å². The highest BCUT2D eigenvalue weighted by atomic mass is 14.7. The maximum atomic E-state index is 6.24. The highest BCUT2D eigenvalue weighted by Gasteiger charge is 2.25. The van der Waals surface area contributed by atoms with E-state index in [1.54, 1.807) is 0 Å². The zero-order chi connectivity index (χ0) is 10.0. The molecule has 0 spiro atoms. The molecule has 0 atom stereocenters. The third-order valence-corrected chi connectivity index (χ3v) is 2.74. The minimum atomic E-state index is -0.0586. The Morgan fingerprint density at radius 1 is 1.36 bits per heavy atom. The van der Waals surface area contributed by atoms with E-state index in [0.29, 0.717) is 0 Å². The fourth-order valence-corrected chi connectivity index (χ4v) is 1.87. The van der Waals surface area contributed by atoms with Gasteiger partial charge in [-0.1, -0.05) is 18.2 Å². The maximum absolute atomic E-state index is 6.24. The summed E-state index contributed by atoms with van der Waals surface area (Å²) in [5, 5.41) is 0. The van der Waals surface area contributed by atoms with Crippen LogP contribution >= 0.6 is 0 Å². The van der Waals surface area contributed by atoms with Gasteiger partial charge >= 0.3 is 0 Å². The Morgan fingerprint density at radius 2 is 2.07 bits per heavy atom. The van der Waals surface area contributed by atoms with Gasteiger partial charge in [0.2, 0.25) is 0 Å². The molecule has 2 rings (SSSR count). The number of nitrogens with two attached hydrogens (primary N) is 1. The number of aryl methyl sites for hydroxylation is 1. The fraction of sp³-hybridized carbons (Fsp3) is 0.417. The first-order valence-corrected chi connectivity index (χ1v) is 5.03. The van der Waals surface area contributed by atoms with Crippen molar-refractivity contribution in [3.63, 3.8) is 0 Å². The Morgan fingerprint density at radius 3 is 2.64 bits per heavy atom. The van der Waals surface area contributed by atoms with Crippen LogP contribution in [0.5, 0.6) is 0 Å². The zero-order valence-corrected chi connectivity index (χ0v) is 8.53. The molecule has 0 saturated heterocycles. The van der Waals surface area contributed by atoms with Crippen LogP contribution in [0, 0.1) is 6.92 Å².